The highest BCUT2D eigenvalue weighted by atomic mass is 35.5. The van der Waals surface area contributed by atoms with Gasteiger partial charge in [0.25, 0.3) is 0 Å². The van der Waals surface area contributed by atoms with E-state index in [4.69, 9.17) is 28.9 Å². The number of hydrogen-bond acceptors (Lipinski definition) is 3. The van der Waals surface area contributed by atoms with Crippen LogP contribution in [0.4, 0.5) is 5.69 Å². The summed E-state index contributed by atoms with van der Waals surface area (Å²) >= 11 is 12.1. The van der Waals surface area contributed by atoms with Gasteiger partial charge in [-0.2, -0.15) is 5.10 Å². The summed E-state index contributed by atoms with van der Waals surface area (Å²) in [5, 5.41) is 17.1. The van der Waals surface area contributed by atoms with E-state index in [0.717, 1.165) is 0 Å². The maximum atomic E-state index is 10.2. The van der Waals surface area contributed by atoms with Gasteiger partial charge >= 0.3 is 0 Å². The Bertz CT molecular complexity index is 835. The highest BCUT2D eigenvalue weighted by molar-refractivity contribution is 6.33. The minimum atomic E-state index is 0.0215. The first-order valence-electron chi connectivity index (χ1n) is 7.40. The van der Waals surface area contributed by atoms with Crippen molar-refractivity contribution in [1.29, 1.82) is 0 Å². The van der Waals surface area contributed by atoms with Crippen LogP contribution in [0.2, 0.25) is 10.0 Å². The molecule has 0 amide bonds. The molecule has 0 spiro atoms. The minimum absolute atomic E-state index is 0.0215. The van der Waals surface area contributed by atoms with Gasteiger partial charge in [-0.25, -0.2) is 10.0 Å². The molecule has 1 unspecified atom stereocenters. The zero-order valence-electron chi connectivity index (χ0n) is 12.9. The summed E-state index contributed by atoms with van der Waals surface area (Å²) in [5.74, 6) is 0.328. The Morgan fingerprint density at radius 2 is 1.92 bits per heavy atom. The topological polar surface area (TPSA) is 74.2 Å². The Labute approximate surface area is 150 Å². The quantitative estimate of drug-likeness (QED) is 0.626. The number of benzene rings is 2. The van der Waals surface area contributed by atoms with Gasteiger partial charge in [0, 0.05) is 11.5 Å². The second-order valence-electron chi connectivity index (χ2n) is 5.53. The Kier molecular flexibility index (Phi) is 4.64. The molecule has 0 aromatic heterocycles. The lowest BCUT2D eigenvalue weighted by Gasteiger charge is -2.13. The fraction of sp³-hybridized carbons (Fsp3) is 0.176. The van der Waals surface area contributed by atoms with E-state index in [-0.39, 0.29) is 17.6 Å². The molecule has 0 bridgehead atoms. The maximum Gasteiger partial charge on any atom is 0.217 e. The molecule has 1 heterocycles. The van der Waals surface area contributed by atoms with E-state index in [1.807, 2.05) is 19.1 Å². The fourth-order valence-corrected chi connectivity index (χ4v) is 2.88. The molecule has 124 valence electrons. The predicted molar refractivity (Wildman–Crippen MR) is 98.3 cm³/mol. The van der Waals surface area contributed by atoms with Crippen LogP contribution in [-0.4, -0.2) is 28.3 Å². The molecule has 24 heavy (non-hydrogen) atoms. The SMILES string of the molecule is CC1CN(C(N)=Nc2ccccc2Cl)N=C1c1cccc(Cl)c1O. The fourth-order valence-electron chi connectivity index (χ4n) is 2.52. The van der Waals surface area contributed by atoms with Gasteiger partial charge < -0.3 is 10.8 Å². The summed E-state index contributed by atoms with van der Waals surface area (Å²) in [6.45, 7) is 2.56. The molecule has 3 N–H and O–H groups in total. The number of nitrogens with two attached hydrogens (primary N) is 1. The molecule has 0 saturated heterocycles. The van der Waals surface area contributed by atoms with Crippen molar-refractivity contribution < 1.29 is 5.11 Å². The van der Waals surface area contributed by atoms with Crippen molar-refractivity contribution in [1.82, 2.24) is 5.01 Å². The summed E-state index contributed by atoms with van der Waals surface area (Å²) in [7, 11) is 0. The van der Waals surface area contributed by atoms with E-state index >= 15 is 0 Å². The van der Waals surface area contributed by atoms with Crippen molar-refractivity contribution in [3.8, 4) is 5.75 Å². The number of aromatic hydroxyl groups is 1. The molecule has 0 radical (unpaired) electrons. The first kappa shape index (κ1) is 16.6. The van der Waals surface area contributed by atoms with Crippen molar-refractivity contribution in [2.24, 2.45) is 21.7 Å². The monoisotopic (exact) mass is 362 g/mol. The van der Waals surface area contributed by atoms with Crippen LogP contribution in [0.15, 0.2) is 52.6 Å². The number of halogens is 2. The third-order valence-electron chi connectivity index (χ3n) is 3.76. The van der Waals surface area contributed by atoms with Crippen LogP contribution in [-0.2, 0) is 0 Å². The van der Waals surface area contributed by atoms with Gasteiger partial charge in [0.2, 0.25) is 5.96 Å². The van der Waals surface area contributed by atoms with Crippen molar-refractivity contribution in [3.05, 3.63) is 58.1 Å². The van der Waals surface area contributed by atoms with Gasteiger partial charge in [0.1, 0.15) is 5.75 Å². The molecule has 3 rings (SSSR count). The van der Waals surface area contributed by atoms with Crippen molar-refractivity contribution in [2.75, 3.05) is 6.54 Å². The highest BCUT2D eigenvalue weighted by Gasteiger charge is 2.28. The average molecular weight is 363 g/mol. The van der Waals surface area contributed by atoms with Crippen LogP contribution in [0.3, 0.4) is 0 Å². The van der Waals surface area contributed by atoms with Crippen LogP contribution in [0.5, 0.6) is 5.75 Å². The van der Waals surface area contributed by atoms with Crippen molar-refractivity contribution in [2.45, 2.75) is 6.92 Å². The first-order chi connectivity index (χ1) is 11.5. The molecule has 2 aromatic rings. The maximum absolute atomic E-state index is 10.2. The summed E-state index contributed by atoms with van der Waals surface area (Å²) in [4.78, 5) is 4.34. The van der Waals surface area contributed by atoms with E-state index in [2.05, 4.69) is 10.1 Å². The summed E-state index contributed by atoms with van der Waals surface area (Å²) < 4.78 is 0. The molecular formula is C17H16Cl2N4O. The van der Waals surface area contributed by atoms with E-state index in [1.54, 1.807) is 35.3 Å². The summed E-state index contributed by atoms with van der Waals surface area (Å²) in [6, 6.07) is 12.4. The van der Waals surface area contributed by atoms with Gasteiger partial charge in [-0.15, -0.1) is 0 Å². The number of rotatable bonds is 2. The van der Waals surface area contributed by atoms with Gasteiger partial charge in [-0.3, -0.25) is 0 Å². The standard InChI is InChI=1S/C17H16Cl2N4O/c1-10-9-23(17(20)21-14-8-3-2-6-12(14)18)22-15(10)11-5-4-7-13(19)16(11)24/h2-8,10,24H,9H2,1H3,(H2,20,21). The van der Waals surface area contributed by atoms with Gasteiger partial charge in [0.15, 0.2) is 0 Å². The minimum Gasteiger partial charge on any atom is -0.506 e. The van der Waals surface area contributed by atoms with Gasteiger partial charge in [-0.05, 0) is 24.3 Å². The van der Waals surface area contributed by atoms with E-state index < -0.39 is 0 Å². The molecule has 0 fully saturated rings. The van der Waals surface area contributed by atoms with Crippen molar-refractivity contribution in [3.63, 3.8) is 0 Å². The Morgan fingerprint density at radius 3 is 2.67 bits per heavy atom. The Balaban J connectivity index is 1.93. The lowest BCUT2D eigenvalue weighted by molar-refractivity contribution is 0.451. The number of hydrazone groups is 1. The van der Waals surface area contributed by atoms with Crippen LogP contribution in [0.25, 0.3) is 0 Å². The molecule has 0 saturated carbocycles. The molecule has 5 nitrogen and oxygen atoms in total. The number of nitrogens with zero attached hydrogens (tertiary/aromatic N) is 3. The normalized spacial score (nSPS) is 18.0. The average Bonchev–Trinajstić information content (AvgIpc) is 2.94. The number of phenolic OH excluding ortho intramolecular Hbond substituents is 1. The summed E-state index contributed by atoms with van der Waals surface area (Å²) in [6.07, 6.45) is 0. The molecule has 2 aromatic carbocycles. The number of phenols is 1. The Morgan fingerprint density at radius 1 is 1.21 bits per heavy atom. The second kappa shape index (κ2) is 6.71. The third-order valence-corrected chi connectivity index (χ3v) is 4.38. The van der Waals surface area contributed by atoms with Crippen LogP contribution >= 0.6 is 23.2 Å². The molecular weight excluding hydrogens is 347 g/mol. The zero-order valence-corrected chi connectivity index (χ0v) is 14.5. The molecule has 1 atom stereocenters. The number of aliphatic imine (C=N–C) groups is 1. The van der Waals surface area contributed by atoms with Gasteiger partial charge in [-0.1, -0.05) is 48.3 Å². The predicted octanol–water partition coefficient (Wildman–Crippen LogP) is 4.00. The molecule has 1 aliphatic rings. The van der Waals surface area contributed by atoms with Crippen LogP contribution < -0.4 is 5.73 Å². The van der Waals surface area contributed by atoms with Crippen LogP contribution in [0, 0.1) is 5.92 Å². The highest BCUT2D eigenvalue weighted by Crippen LogP contribution is 2.31. The Hall–Kier alpha value is -2.24. The molecule has 0 aliphatic carbocycles. The lowest BCUT2D eigenvalue weighted by atomic mass is 9.99. The first-order valence-corrected chi connectivity index (χ1v) is 8.15. The molecule has 1 aliphatic heterocycles. The second-order valence-corrected chi connectivity index (χ2v) is 6.34. The number of guanidine groups is 1. The van der Waals surface area contributed by atoms with E-state index in [0.29, 0.717) is 33.6 Å². The van der Waals surface area contributed by atoms with E-state index in [1.165, 1.54) is 0 Å². The van der Waals surface area contributed by atoms with Gasteiger partial charge in [0.05, 0.1) is 28.0 Å². The largest absolute Gasteiger partial charge is 0.506 e. The number of hydrogen-bond donors (Lipinski definition) is 2. The zero-order chi connectivity index (χ0) is 17.3. The number of para-hydroxylation sites is 2. The lowest BCUT2D eigenvalue weighted by Crippen LogP contribution is -2.32. The summed E-state index contributed by atoms with van der Waals surface area (Å²) in [5.41, 5.74) is 7.97. The smallest absolute Gasteiger partial charge is 0.217 e. The molecule has 7 heteroatoms. The van der Waals surface area contributed by atoms with Crippen molar-refractivity contribution >= 4 is 40.6 Å². The third kappa shape index (κ3) is 3.18. The van der Waals surface area contributed by atoms with E-state index in [9.17, 15) is 5.11 Å². The van der Waals surface area contributed by atoms with Crippen LogP contribution in [0.1, 0.15) is 12.5 Å².